The highest BCUT2D eigenvalue weighted by molar-refractivity contribution is 9.09. The van der Waals surface area contributed by atoms with Crippen molar-refractivity contribution in [2.45, 2.75) is 30.8 Å². The zero-order chi connectivity index (χ0) is 18.5. The Bertz CT molecular complexity index is 735. The number of likely N-dealkylation sites (tertiary alicyclic amines) is 1. The molecule has 1 aliphatic heterocycles. The predicted octanol–water partition coefficient (Wildman–Crippen LogP) is 6.23. The van der Waals surface area contributed by atoms with Crippen molar-refractivity contribution in [3.05, 3.63) is 108 Å². The van der Waals surface area contributed by atoms with Crippen molar-refractivity contribution in [3.8, 4) is 0 Å². The van der Waals surface area contributed by atoms with Crippen LogP contribution >= 0.6 is 15.9 Å². The number of hydrogen-bond acceptors (Lipinski definition) is 1. The van der Waals surface area contributed by atoms with Gasteiger partial charge in [-0.25, -0.2) is 0 Å². The van der Waals surface area contributed by atoms with Gasteiger partial charge in [-0.2, -0.15) is 0 Å². The molecule has 3 aromatic rings. The Morgan fingerprint density at radius 1 is 0.704 bits per heavy atom. The maximum absolute atomic E-state index is 3.82. The van der Waals surface area contributed by atoms with Crippen LogP contribution in [0, 0.1) is 0 Å². The first-order valence-corrected chi connectivity index (χ1v) is 11.0. The van der Waals surface area contributed by atoms with Gasteiger partial charge in [0.1, 0.15) is 0 Å². The molecule has 1 nitrogen and oxygen atoms in total. The van der Waals surface area contributed by atoms with Gasteiger partial charge in [0.25, 0.3) is 0 Å². The van der Waals surface area contributed by atoms with E-state index in [1.165, 1.54) is 36.0 Å². The summed E-state index contributed by atoms with van der Waals surface area (Å²) in [6.07, 6.45) is 3.79. The van der Waals surface area contributed by atoms with Crippen LogP contribution in [0.25, 0.3) is 0 Å². The first kappa shape index (κ1) is 18.5. The molecule has 3 aromatic carbocycles. The molecule has 0 amide bonds. The van der Waals surface area contributed by atoms with Gasteiger partial charge in [-0.1, -0.05) is 113 Å². The van der Waals surface area contributed by atoms with Gasteiger partial charge < -0.3 is 0 Å². The number of piperidine rings is 1. The van der Waals surface area contributed by atoms with Crippen LogP contribution in [0.2, 0.25) is 0 Å². The lowest BCUT2D eigenvalue weighted by Crippen LogP contribution is -2.55. The lowest BCUT2D eigenvalue weighted by molar-refractivity contribution is 0.0776. The summed E-state index contributed by atoms with van der Waals surface area (Å²) in [6, 6.07) is 33.6. The van der Waals surface area contributed by atoms with E-state index in [-0.39, 0.29) is 5.54 Å². The number of benzene rings is 3. The van der Waals surface area contributed by atoms with Crippen molar-refractivity contribution in [3.63, 3.8) is 0 Å². The van der Waals surface area contributed by atoms with Gasteiger partial charge in [0.05, 0.1) is 5.54 Å². The Labute approximate surface area is 171 Å². The van der Waals surface area contributed by atoms with E-state index in [0.717, 1.165) is 11.9 Å². The fraction of sp³-hybridized carbons (Fsp3) is 0.280. The number of rotatable bonds is 5. The van der Waals surface area contributed by atoms with Gasteiger partial charge in [-0.15, -0.1) is 0 Å². The Kier molecular flexibility index (Phi) is 5.75. The van der Waals surface area contributed by atoms with Crippen molar-refractivity contribution < 1.29 is 0 Å². The van der Waals surface area contributed by atoms with E-state index in [2.05, 4.69) is 112 Å². The van der Waals surface area contributed by atoms with Crippen LogP contribution in [-0.2, 0) is 5.54 Å². The first-order valence-electron chi connectivity index (χ1n) is 9.86. The molecule has 27 heavy (non-hydrogen) atoms. The molecule has 0 saturated carbocycles. The molecule has 0 bridgehead atoms. The largest absolute Gasteiger partial charge is 0.282 e. The molecule has 0 radical (unpaired) electrons. The van der Waals surface area contributed by atoms with Crippen LogP contribution in [0.15, 0.2) is 91.0 Å². The van der Waals surface area contributed by atoms with Gasteiger partial charge in [-0.05, 0) is 36.1 Å². The molecule has 1 atom stereocenters. The van der Waals surface area contributed by atoms with E-state index >= 15 is 0 Å². The summed E-state index contributed by atoms with van der Waals surface area (Å²) in [4.78, 5) is 2.74. The molecule has 4 rings (SSSR count). The fourth-order valence-electron chi connectivity index (χ4n) is 4.64. The zero-order valence-corrected chi connectivity index (χ0v) is 17.2. The molecule has 138 valence electrons. The topological polar surface area (TPSA) is 3.24 Å². The SMILES string of the molecule is BrC[C@H]1CCCCN1C(c1ccccc1)(c1ccccc1)c1ccccc1. The minimum absolute atomic E-state index is 0.275. The molecule has 0 N–H and O–H groups in total. The van der Waals surface area contributed by atoms with Gasteiger partial charge in [0, 0.05) is 11.4 Å². The number of halogens is 1. The van der Waals surface area contributed by atoms with Gasteiger partial charge in [0.2, 0.25) is 0 Å². The van der Waals surface area contributed by atoms with Crippen molar-refractivity contribution in [2.75, 3.05) is 11.9 Å². The Morgan fingerprint density at radius 3 is 1.56 bits per heavy atom. The average molecular weight is 420 g/mol. The Hall–Kier alpha value is -1.90. The molecular formula is C25H26BrN. The monoisotopic (exact) mass is 419 g/mol. The van der Waals surface area contributed by atoms with E-state index in [1.807, 2.05) is 0 Å². The second-order valence-corrected chi connectivity index (χ2v) is 7.95. The van der Waals surface area contributed by atoms with Crippen LogP contribution in [0.5, 0.6) is 0 Å². The third-order valence-corrected chi connectivity index (χ3v) is 6.56. The van der Waals surface area contributed by atoms with E-state index in [1.54, 1.807) is 0 Å². The van der Waals surface area contributed by atoms with Crippen molar-refractivity contribution in [1.29, 1.82) is 0 Å². The molecule has 2 heteroatoms. The van der Waals surface area contributed by atoms with Crippen molar-refractivity contribution >= 4 is 15.9 Å². The maximum Gasteiger partial charge on any atom is 0.0975 e. The minimum Gasteiger partial charge on any atom is -0.282 e. The zero-order valence-electron chi connectivity index (χ0n) is 15.6. The first-order chi connectivity index (χ1) is 13.4. The maximum atomic E-state index is 3.82. The normalized spacial score (nSPS) is 18.3. The lowest BCUT2D eigenvalue weighted by Gasteiger charge is -2.51. The smallest absolute Gasteiger partial charge is 0.0975 e. The van der Waals surface area contributed by atoms with Gasteiger partial charge in [0.15, 0.2) is 0 Å². The quantitative estimate of drug-likeness (QED) is 0.350. The highest BCUT2D eigenvalue weighted by atomic mass is 79.9. The van der Waals surface area contributed by atoms with E-state index in [0.29, 0.717) is 6.04 Å². The van der Waals surface area contributed by atoms with Crippen molar-refractivity contribution in [1.82, 2.24) is 4.90 Å². The predicted molar refractivity (Wildman–Crippen MR) is 117 cm³/mol. The van der Waals surface area contributed by atoms with E-state index < -0.39 is 0 Å². The van der Waals surface area contributed by atoms with E-state index in [4.69, 9.17) is 0 Å². The second-order valence-electron chi connectivity index (χ2n) is 7.31. The van der Waals surface area contributed by atoms with Gasteiger partial charge in [-0.3, -0.25) is 4.90 Å². The summed E-state index contributed by atoms with van der Waals surface area (Å²) in [5.41, 5.74) is 3.75. The molecular weight excluding hydrogens is 394 g/mol. The molecule has 1 heterocycles. The highest BCUT2D eigenvalue weighted by Crippen LogP contribution is 2.45. The summed E-state index contributed by atoms with van der Waals surface area (Å²) in [7, 11) is 0. The molecule has 0 unspecified atom stereocenters. The van der Waals surface area contributed by atoms with Gasteiger partial charge >= 0.3 is 0 Å². The average Bonchev–Trinajstić information content (AvgIpc) is 2.77. The summed E-state index contributed by atoms with van der Waals surface area (Å²) < 4.78 is 0. The summed E-state index contributed by atoms with van der Waals surface area (Å²) in [5.74, 6) is 0. The highest BCUT2D eigenvalue weighted by Gasteiger charge is 2.45. The summed E-state index contributed by atoms with van der Waals surface area (Å²) in [5, 5.41) is 1.00. The van der Waals surface area contributed by atoms with Crippen molar-refractivity contribution in [2.24, 2.45) is 0 Å². The third-order valence-electron chi connectivity index (χ3n) is 5.81. The molecule has 1 fully saturated rings. The molecule has 0 aliphatic carbocycles. The van der Waals surface area contributed by atoms with Crippen LogP contribution in [-0.4, -0.2) is 22.8 Å². The van der Waals surface area contributed by atoms with Crippen LogP contribution < -0.4 is 0 Å². The lowest BCUT2D eigenvalue weighted by atomic mass is 9.74. The second kappa shape index (κ2) is 8.41. The summed E-state index contributed by atoms with van der Waals surface area (Å²) >= 11 is 3.82. The number of nitrogens with zero attached hydrogens (tertiary/aromatic N) is 1. The number of alkyl halides is 1. The van der Waals surface area contributed by atoms with Crippen LogP contribution in [0.4, 0.5) is 0 Å². The molecule has 0 spiro atoms. The molecule has 1 aliphatic rings. The fourth-order valence-corrected chi connectivity index (χ4v) is 5.31. The van der Waals surface area contributed by atoms with Crippen LogP contribution in [0.1, 0.15) is 36.0 Å². The Balaban J connectivity index is 2.03. The van der Waals surface area contributed by atoms with E-state index in [9.17, 15) is 0 Å². The minimum atomic E-state index is -0.275. The molecule has 1 saturated heterocycles. The van der Waals surface area contributed by atoms with Crippen LogP contribution in [0.3, 0.4) is 0 Å². The molecule has 0 aromatic heterocycles. The summed E-state index contributed by atoms with van der Waals surface area (Å²) in [6.45, 7) is 1.11. The standard InChI is InChI=1S/C25H26BrN/c26-20-24-18-10-11-19-27(24)25(21-12-4-1-5-13-21,22-14-6-2-7-15-22)23-16-8-3-9-17-23/h1-9,12-17,24H,10-11,18-20H2/t24-/m1/s1. The number of hydrogen-bond donors (Lipinski definition) is 0. The Morgan fingerprint density at radius 2 is 1.15 bits per heavy atom. The third kappa shape index (κ3) is 3.37.